The van der Waals surface area contributed by atoms with Crippen molar-refractivity contribution in [2.24, 2.45) is 5.73 Å². The van der Waals surface area contributed by atoms with Gasteiger partial charge >= 0.3 is 19.8 Å². The molecular formula is C33H64NO9P. The molecule has 3 unspecified atom stereocenters. The SMILES string of the molecule is CCC/C=C\CCCCCCCCOCC(COP(=O)(O)OCC(N)C(=O)O)OC(=O)CCCCCCCCCCCCC. The predicted molar refractivity (Wildman–Crippen MR) is 175 cm³/mol. The Hall–Kier alpha value is -1.29. The number of carboxylic acid groups (broad SMARTS) is 1. The minimum Gasteiger partial charge on any atom is -0.480 e. The molecule has 4 N–H and O–H groups in total. The lowest BCUT2D eigenvalue weighted by molar-refractivity contribution is -0.154. The van der Waals surface area contributed by atoms with Crippen LogP contribution in [-0.2, 0) is 32.7 Å². The van der Waals surface area contributed by atoms with Crippen LogP contribution in [0.3, 0.4) is 0 Å². The van der Waals surface area contributed by atoms with Gasteiger partial charge in [-0.3, -0.25) is 18.6 Å². The monoisotopic (exact) mass is 649 g/mol. The molecule has 0 saturated heterocycles. The van der Waals surface area contributed by atoms with E-state index >= 15 is 0 Å². The van der Waals surface area contributed by atoms with E-state index in [0.29, 0.717) is 13.0 Å². The number of nitrogens with two attached hydrogens (primary N) is 1. The highest BCUT2D eigenvalue weighted by Gasteiger charge is 2.27. The standard InChI is InChI=1S/C33H64NO9P/c1-3-5-7-9-11-13-15-17-19-21-23-25-32(35)43-30(28-41-44(38,39)42-29-31(34)33(36)37)27-40-26-24-22-20-18-16-14-12-10-8-6-4-2/h8,10,30-31H,3-7,9,11-29,34H2,1-2H3,(H,36,37)(H,38,39)/b10-8-. The van der Waals surface area contributed by atoms with Crippen molar-refractivity contribution in [3.05, 3.63) is 12.2 Å². The lowest BCUT2D eigenvalue weighted by Gasteiger charge is -2.20. The first kappa shape index (κ1) is 42.7. The second-order valence-electron chi connectivity index (χ2n) is 11.6. The minimum absolute atomic E-state index is 0.0166. The molecule has 260 valence electrons. The van der Waals surface area contributed by atoms with Crippen molar-refractivity contribution >= 4 is 19.8 Å². The zero-order chi connectivity index (χ0) is 32.7. The van der Waals surface area contributed by atoms with E-state index in [4.69, 9.17) is 24.8 Å². The molecule has 0 aromatic heterocycles. The maximum absolute atomic E-state index is 12.5. The van der Waals surface area contributed by atoms with Crippen LogP contribution in [0, 0.1) is 0 Å². The molecule has 11 heteroatoms. The Labute approximate surface area is 267 Å². The number of rotatable bonds is 33. The quantitative estimate of drug-likeness (QED) is 0.0274. The molecule has 0 aromatic carbocycles. The van der Waals surface area contributed by atoms with Crippen LogP contribution < -0.4 is 5.73 Å². The van der Waals surface area contributed by atoms with Crippen LogP contribution in [0.25, 0.3) is 0 Å². The summed E-state index contributed by atoms with van der Waals surface area (Å²) in [5.41, 5.74) is 5.32. The van der Waals surface area contributed by atoms with E-state index in [-0.39, 0.29) is 13.0 Å². The van der Waals surface area contributed by atoms with Crippen LogP contribution in [0.2, 0.25) is 0 Å². The molecule has 0 saturated carbocycles. The van der Waals surface area contributed by atoms with Gasteiger partial charge in [0.25, 0.3) is 0 Å². The maximum atomic E-state index is 12.5. The fourth-order valence-electron chi connectivity index (χ4n) is 4.55. The molecule has 3 atom stereocenters. The molecule has 0 radical (unpaired) electrons. The Kier molecular flexibility index (Phi) is 29.5. The molecule has 0 aliphatic carbocycles. The molecule has 0 bridgehead atoms. The molecule has 0 amide bonds. The van der Waals surface area contributed by atoms with Gasteiger partial charge in [0, 0.05) is 13.0 Å². The van der Waals surface area contributed by atoms with Gasteiger partial charge in [-0.1, -0.05) is 122 Å². The average Bonchev–Trinajstić information content (AvgIpc) is 2.99. The zero-order valence-electron chi connectivity index (χ0n) is 27.8. The number of phosphoric acid groups is 1. The first-order chi connectivity index (χ1) is 21.2. The van der Waals surface area contributed by atoms with Crippen LogP contribution in [0.1, 0.15) is 149 Å². The van der Waals surface area contributed by atoms with Crippen molar-refractivity contribution in [2.45, 2.75) is 161 Å². The number of carboxylic acids is 1. The van der Waals surface area contributed by atoms with Crippen molar-refractivity contribution < 1.29 is 42.7 Å². The summed E-state index contributed by atoms with van der Waals surface area (Å²) in [5.74, 6) is -1.78. The molecule has 0 spiro atoms. The zero-order valence-corrected chi connectivity index (χ0v) is 28.7. The predicted octanol–water partition coefficient (Wildman–Crippen LogP) is 8.25. The topological polar surface area (TPSA) is 155 Å². The van der Waals surface area contributed by atoms with Gasteiger partial charge in [0.1, 0.15) is 12.1 Å². The van der Waals surface area contributed by atoms with E-state index in [1.165, 1.54) is 77.0 Å². The first-order valence-corrected chi connectivity index (χ1v) is 18.7. The largest absolute Gasteiger partial charge is 0.480 e. The molecule has 0 heterocycles. The lowest BCUT2D eigenvalue weighted by atomic mass is 10.1. The van der Waals surface area contributed by atoms with Gasteiger partial charge in [-0.2, -0.15) is 0 Å². The molecular weight excluding hydrogens is 585 g/mol. The van der Waals surface area contributed by atoms with Crippen LogP contribution >= 0.6 is 7.82 Å². The van der Waals surface area contributed by atoms with Gasteiger partial charge in [-0.15, -0.1) is 0 Å². The number of unbranched alkanes of at least 4 members (excludes halogenated alkanes) is 17. The van der Waals surface area contributed by atoms with Gasteiger partial charge < -0.3 is 25.2 Å². The average molecular weight is 650 g/mol. The Morgan fingerprint density at radius 3 is 1.82 bits per heavy atom. The number of phosphoric ester groups is 1. The number of allylic oxidation sites excluding steroid dienone is 2. The van der Waals surface area contributed by atoms with Gasteiger partial charge in [-0.05, 0) is 32.1 Å². The molecule has 0 fully saturated rings. The van der Waals surface area contributed by atoms with Crippen molar-refractivity contribution in [1.82, 2.24) is 0 Å². The number of carbonyl (C=O) groups excluding carboxylic acids is 1. The van der Waals surface area contributed by atoms with Gasteiger partial charge in [0.2, 0.25) is 0 Å². The number of esters is 1. The molecule has 0 aromatic rings. The van der Waals surface area contributed by atoms with E-state index in [0.717, 1.165) is 44.9 Å². The van der Waals surface area contributed by atoms with Gasteiger partial charge in [0.05, 0.1) is 19.8 Å². The normalized spacial score (nSPS) is 14.5. The molecule has 0 aliphatic heterocycles. The van der Waals surface area contributed by atoms with E-state index in [9.17, 15) is 19.0 Å². The highest BCUT2D eigenvalue weighted by molar-refractivity contribution is 7.47. The Balaban J connectivity index is 4.36. The van der Waals surface area contributed by atoms with Crippen LogP contribution in [0.5, 0.6) is 0 Å². The number of aliphatic carboxylic acids is 1. The molecule has 0 aliphatic rings. The third-order valence-corrected chi connectivity index (χ3v) is 8.23. The number of hydrogen-bond acceptors (Lipinski definition) is 8. The summed E-state index contributed by atoms with van der Waals surface area (Å²) < 4.78 is 33.0. The third-order valence-electron chi connectivity index (χ3n) is 7.28. The maximum Gasteiger partial charge on any atom is 0.472 e. The van der Waals surface area contributed by atoms with Crippen molar-refractivity contribution in [1.29, 1.82) is 0 Å². The number of ether oxygens (including phenoxy) is 2. The fraction of sp³-hybridized carbons (Fsp3) is 0.879. The highest BCUT2D eigenvalue weighted by Crippen LogP contribution is 2.43. The second kappa shape index (κ2) is 30.4. The van der Waals surface area contributed by atoms with Crippen molar-refractivity contribution in [3.63, 3.8) is 0 Å². The van der Waals surface area contributed by atoms with Crippen molar-refractivity contribution in [2.75, 3.05) is 26.4 Å². The van der Waals surface area contributed by atoms with Crippen LogP contribution in [0.15, 0.2) is 12.2 Å². The van der Waals surface area contributed by atoms with Gasteiger partial charge in [0.15, 0.2) is 0 Å². The second-order valence-corrected chi connectivity index (χ2v) is 13.1. The fourth-order valence-corrected chi connectivity index (χ4v) is 5.32. The summed E-state index contributed by atoms with van der Waals surface area (Å²) in [6.45, 7) is 3.78. The molecule has 44 heavy (non-hydrogen) atoms. The Bertz CT molecular complexity index is 766. The Morgan fingerprint density at radius 1 is 0.705 bits per heavy atom. The van der Waals surface area contributed by atoms with E-state index < -0.39 is 45.1 Å². The summed E-state index contributed by atoms with van der Waals surface area (Å²) in [5, 5.41) is 8.83. The van der Waals surface area contributed by atoms with Crippen LogP contribution in [0.4, 0.5) is 0 Å². The first-order valence-electron chi connectivity index (χ1n) is 17.2. The minimum atomic E-state index is -4.60. The van der Waals surface area contributed by atoms with E-state index in [1.54, 1.807) is 0 Å². The summed E-state index contributed by atoms with van der Waals surface area (Å²) >= 11 is 0. The third kappa shape index (κ3) is 29.4. The van der Waals surface area contributed by atoms with Crippen molar-refractivity contribution in [3.8, 4) is 0 Å². The summed E-state index contributed by atoms with van der Waals surface area (Å²) in [6, 6.07) is -1.47. The summed E-state index contributed by atoms with van der Waals surface area (Å²) in [4.78, 5) is 33.2. The Morgan fingerprint density at radius 2 is 1.23 bits per heavy atom. The highest BCUT2D eigenvalue weighted by atomic mass is 31.2. The van der Waals surface area contributed by atoms with Gasteiger partial charge in [-0.25, -0.2) is 4.57 Å². The summed E-state index contributed by atoms with van der Waals surface area (Å²) in [7, 11) is -4.60. The lowest BCUT2D eigenvalue weighted by Crippen LogP contribution is -2.34. The van der Waals surface area contributed by atoms with E-state index in [2.05, 4.69) is 30.5 Å². The smallest absolute Gasteiger partial charge is 0.472 e. The molecule has 10 nitrogen and oxygen atoms in total. The summed E-state index contributed by atoms with van der Waals surface area (Å²) in [6.07, 6.45) is 27.0. The van der Waals surface area contributed by atoms with E-state index in [1.807, 2.05) is 0 Å². The molecule has 0 rings (SSSR count). The number of carbonyl (C=O) groups is 2. The van der Waals surface area contributed by atoms with Crippen LogP contribution in [-0.4, -0.2) is 60.5 Å². The number of hydrogen-bond donors (Lipinski definition) is 3.